The van der Waals surface area contributed by atoms with Gasteiger partial charge in [-0.2, -0.15) is 11.8 Å². The third kappa shape index (κ3) is 2.58. The van der Waals surface area contributed by atoms with E-state index in [0.29, 0.717) is 10.4 Å². The Labute approximate surface area is 102 Å². The summed E-state index contributed by atoms with van der Waals surface area (Å²) in [4.78, 5) is 0. The van der Waals surface area contributed by atoms with Crippen molar-refractivity contribution in [2.24, 2.45) is 0 Å². The lowest BCUT2D eigenvalue weighted by Gasteiger charge is -2.09. The van der Waals surface area contributed by atoms with E-state index in [1.54, 1.807) is 0 Å². The number of thioether (sulfide) groups is 1. The fourth-order valence-corrected chi connectivity index (χ4v) is 3.86. The molecule has 1 nitrogen and oxygen atoms in total. The van der Waals surface area contributed by atoms with Crippen LogP contribution in [0.4, 0.5) is 0 Å². The van der Waals surface area contributed by atoms with Gasteiger partial charge in [0.2, 0.25) is 0 Å². The van der Waals surface area contributed by atoms with Gasteiger partial charge < -0.3 is 5.32 Å². The van der Waals surface area contributed by atoms with Crippen molar-refractivity contribution in [1.82, 2.24) is 5.32 Å². The Bertz CT molecular complexity index is 308. The fourth-order valence-electron chi connectivity index (χ4n) is 1.42. The van der Waals surface area contributed by atoms with Crippen LogP contribution in [0.25, 0.3) is 0 Å². The van der Waals surface area contributed by atoms with Gasteiger partial charge >= 0.3 is 0 Å². The van der Waals surface area contributed by atoms with E-state index < -0.39 is 0 Å². The summed E-state index contributed by atoms with van der Waals surface area (Å²) in [5.74, 6) is 2.49. The molecule has 5 heteroatoms. The van der Waals surface area contributed by atoms with Crippen LogP contribution in [0.3, 0.4) is 0 Å². The van der Waals surface area contributed by atoms with Crippen molar-refractivity contribution in [2.45, 2.75) is 19.0 Å². The molecule has 2 heterocycles. The van der Waals surface area contributed by atoms with Crippen molar-refractivity contribution >= 4 is 46.3 Å². The highest BCUT2D eigenvalue weighted by atomic mass is 35.5. The third-order valence-corrected chi connectivity index (χ3v) is 5.34. The highest BCUT2D eigenvalue weighted by molar-refractivity contribution is 7.99. The Hall–Kier alpha value is 0.590. The van der Waals surface area contributed by atoms with Crippen molar-refractivity contribution in [3.8, 4) is 0 Å². The van der Waals surface area contributed by atoms with Crippen LogP contribution in [0, 0.1) is 0 Å². The summed E-state index contributed by atoms with van der Waals surface area (Å²) in [5.41, 5.74) is 1.12. The van der Waals surface area contributed by atoms with Gasteiger partial charge in [0.1, 0.15) is 4.34 Å². The second-order valence-corrected chi connectivity index (χ2v) is 6.30. The average Bonchev–Trinajstić information content (AvgIpc) is 2.77. The van der Waals surface area contributed by atoms with Crippen molar-refractivity contribution in [1.29, 1.82) is 0 Å². The van der Waals surface area contributed by atoms with Gasteiger partial charge in [-0.05, 0) is 23.1 Å². The quantitative estimate of drug-likeness (QED) is 0.898. The highest BCUT2D eigenvalue weighted by Crippen LogP contribution is 2.32. The molecule has 14 heavy (non-hydrogen) atoms. The minimum atomic E-state index is 0.648. The summed E-state index contributed by atoms with van der Waals surface area (Å²) in [7, 11) is 0. The molecule has 1 saturated heterocycles. The molecule has 0 amide bonds. The lowest BCUT2D eigenvalue weighted by molar-refractivity contribution is 0.558. The maximum atomic E-state index is 6.03. The van der Waals surface area contributed by atoms with Crippen LogP contribution in [0.5, 0.6) is 0 Å². The normalized spacial score (nSPS) is 21.7. The maximum Gasteiger partial charge on any atom is 0.112 e. The first-order valence-electron chi connectivity index (χ1n) is 4.50. The van der Waals surface area contributed by atoms with Crippen molar-refractivity contribution in [3.05, 3.63) is 20.3 Å². The molecule has 0 aliphatic carbocycles. The zero-order chi connectivity index (χ0) is 9.97. The first-order chi connectivity index (χ1) is 6.77. The molecule has 2 rings (SSSR count). The Morgan fingerprint density at radius 2 is 2.36 bits per heavy atom. The molecule has 1 aromatic rings. The molecule has 1 aliphatic rings. The number of nitrogens with one attached hydrogen (secondary N) is 1. The zero-order valence-electron chi connectivity index (χ0n) is 7.56. The van der Waals surface area contributed by atoms with Gasteiger partial charge in [0.15, 0.2) is 0 Å². The molecule has 0 saturated carbocycles. The van der Waals surface area contributed by atoms with E-state index in [-0.39, 0.29) is 0 Å². The highest BCUT2D eigenvalue weighted by Gasteiger charge is 2.15. The standard InChI is InChI=1S/C9H11Cl2NS2/c10-8-6(4-14-9(8)11)3-12-7-1-2-13-5-7/h4,7,12H,1-3,5H2. The minimum absolute atomic E-state index is 0.648. The number of hydrogen-bond acceptors (Lipinski definition) is 3. The lowest BCUT2D eigenvalue weighted by Crippen LogP contribution is -2.27. The Morgan fingerprint density at radius 1 is 1.50 bits per heavy atom. The Kier molecular flexibility index (Phi) is 4.02. The van der Waals surface area contributed by atoms with Crippen LogP contribution < -0.4 is 5.32 Å². The minimum Gasteiger partial charge on any atom is -0.309 e. The molecule has 1 unspecified atom stereocenters. The predicted molar refractivity (Wildman–Crippen MR) is 66.9 cm³/mol. The van der Waals surface area contributed by atoms with Gasteiger partial charge in [-0.1, -0.05) is 23.2 Å². The number of hydrogen-bond donors (Lipinski definition) is 1. The summed E-state index contributed by atoms with van der Waals surface area (Å²) in [5, 5.41) is 6.24. The van der Waals surface area contributed by atoms with Crippen LogP contribution in [0.2, 0.25) is 9.36 Å². The molecule has 1 fully saturated rings. The molecule has 1 N–H and O–H groups in total. The summed E-state index contributed by atoms with van der Waals surface area (Å²) in [6.07, 6.45) is 1.26. The van der Waals surface area contributed by atoms with Gasteiger partial charge in [-0.3, -0.25) is 0 Å². The Balaban J connectivity index is 1.88. The number of rotatable bonds is 3. The van der Waals surface area contributed by atoms with Crippen LogP contribution in [0.1, 0.15) is 12.0 Å². The van der Waals surface area contributed by atoms with Gasteiger partial charge in [-0.15, -0.1) is 11.3 Å². The van der Waals surface area contributed by atoms with Crippen molar-refractivity contribution < 1.29 is 0 Å². The SMILES string of the molecule is Clc1scc(CNC2CCSC2)c1Cl. The topological polar surface area (TPSA) is 12.0 Å². The summed E-state index contributed by atoms with van der Waals surface area (Å²) >= 11 is 15.4. The summed E-state index contributed by atoms with van der Waals surface area (Å²) in [6, 6.07) is 0.648. The molecular formula is C9H11Cl2NS2. The molecule has 1 aliphatic heterocycles. The first-order valence-corrected chi connectivity index (χ1v) is 7.29. The maximum absolute atomic E-state index is 6.03. The average molecular weight is 268 g/mol. The third-order valence-electron chi connectivity index (χ3n) is 2.27. The van der Waals surface area contributed by atoms with E-state index in [1.807, 2.05) is 17.1 Å². The number of thiophene rings is 1. The summed E-state index contributed by atoms with van der Waals surface area (Å²) < 4.78 is 0.698. The van der Waals surface area contributed by atoms with E-state index in [2.05, 4.69) is 5.32 Å². The van der Waals surface area contributed by atoms with Crippen molar-refractivity contribution in [2.75, 3.05) is 11.5 Å². The molecule has 1 atom stereocenters. The molecule has 0 radical (unpaired) electrons. The Morgan fingerprint density at radius 3 is 2.93 bits per heavy atom. The smallest absolute Gasteiger partial charge is 0.112 e. The van der Waals surface area contributed by atoms with Gasteiger partial charge in [0.05, 0.1) is 5.02 Å². The monoisotopic (exact) mass is 267 g/mol. The molecule has 0 bridgehead atoms. The molecule has 0 spiro atoms. The molecular weight excluding hydrogens is 257 g/mol. The predicted octanol–water partition coefficient (Wildman–Crippen LogP) is 3.65. The largest absolute Gasteiger partial charge is 0.309 e. The van der Waals surface area contributed by atoms with Gasteiger partial charge in [0.25, 0.3) is 0 Å². The van der Waals surface area contributed by atoms with Crippen molar-refractivity contribution in [3.63, 3.8) is 0 Å². The summed E-state index contributed by atoms with van der Waals surface area (Å²) in [6.45, 7) is 0.841. The molecule has 1 aromatic heterocycles. The second-order valence-electron chi connectivity index (χ2n) is 3.29. The molecule has 0 aromatic carbocycles. The number of halogens is 2. The van der Waals surface area contributed by atoms with E-state index in [4.69, 9.17) is 23.2 Å². The van der Waals surface area contributed by atoms with Crippen LogP contribution in [-0.2, 0) is 6.54 Å². The van der Waals surface area contributed by atoms with E-state index >= 15 is 0 Å². The van der Waals surface area contributed by atoms with Crippen LogP contribution in [0.15, 0.2) is 5.38 Å². The van der Waals surface area contributed by atoms with Crippen LogP contribution >= 0.6 is 46.3 Å². The first kappa shape index (κ1) is 11.1. The van der Waals surface area contributed by atoms with E-state index in [0.717, 1.165) is 17.1 Å². The lowest BCUT2D eigenvalue weighted by atomic mass is 10.2. The van der Waals surface area contributed by atoms with E-state index in [1.165, 1.54) is 29.3 Å². The zero-order valence-corrected chi connectivity index (χ0v) is 10.7. The fraction of sp³-hybridized carbons (Fsp3) is 0.556. The van der Waals surface area contributed by atoms with E-state index in [9.17, 15) is 0 Å². The second kappa shape index (κ2) is 5.08. The van der Waals surface area contributed by atoms with Crippen LogP contribution in [-0.4, -0.2) is 17.5 Å². The molecule has 78 valence electrons. The van der Waals surface area contributed by atoms with Gasteiger partial charge in [0, 0.05) is 18.3 Å². The van der Waals surface area contributed by atoms with Gasteiger partial charge in [-0.25, -0.2) is 0 Å².